The van der Waals surface area contributed by atoms with Crippen molar-refractivity contribution in [1.29, 1.82) is 0 Å². The first kappa shape index (κ1) is 15.9. The molecule has 112 valence electrons. The lowest BCUT2D eigenvalue weighted by Gasteiger charge is -2.15. The molecule has 1 aromatic rings. The van der Waals surface area contributed by atoms with Gasteiger partial charge in [0.2, 0.25) is 0 Å². The summed E-state index contributed by atoms with van der Waals surface area (Å²) in [6.45, 7) is -0.646. The van der Waals surface area contributed by atoms with Crippen molar-refractivity contribution in [1.82, 2.24) is 9.55 Å². The molecular formula is C12H10F2IN3O3. The Morgan fingerprint density at radius 3 is 2.95 bits per heavy atom. The maximum atomic E-state index is 13.9. The third kappa shape index (κ3) is 2.92. The fraction of sp³-hybridized carbons (Fsp3) is 0.333. The number of alkyl halides is 1. The summed E-state index contributed by atoms with van der Waals surface area (Å²) in [5.41, 5.74) is 4.54. The Balaban J connectivity index is 2.53. The summed E-state index contributed by atoms with van der Waals surface area (Å²) in [6, 6.07) is 0. The van der Waals surface area contributed by atoms with Gasteiger partial charge in [0.25, 0.3) is 0 Å². The number of halogens is 3. The highest BCUT2D eigenvalue weighted by Gasteiger charge is 2.41. The molecule has 1 aliphatic heterocycles. The molecule has 2 heterocycles. The van der Waals surface area contributed by atoms with Gasteiger partial charge in [0.15, 0.2) is 12.4 Å². The Hall–Kier alpha value is -1.51. The molecule has 1 aliphatic rings. The zero-order chi connectivity index (χ0) is 15.6. The molecule has 3 N–H and O–H groups in total. The molecule has 0 spiro atoms. The number of anilines is 1. The van der Waals surface area contributed by atoms with Gasteiger partial charge in [0, 0.05) is 34.4 Å². The summed E-state index contributed by atoms with van der Waals surface area (Å²) in [6.07, 6.45) is -3.19. The van der Waals surface area contributed by atoms with E-state index in [2.05, 4.69) is 14.8 Å². The van der Waals surface area contributed by atoms with E-state index in [0.717, 1.165) is 4.57 Å². The van der Waals surface area contributed by atoms with Crippen LogP contribution in [-0.2, 0) is 4.74 Å². The number of aromatic nitrogens is 2. The van der Waals surface area contributed by atoms with Crippen LogP contribution in [0.5, 0.6) is 0 Å². The minimum Gasteiger partial charge on any atom is -0.394 e. The number of hydrogen-bond acceptors (Lipinski definition) is 5. The number of hydrogen-bond donors (Lipinski definition) is 2. The number of nitrogens with zero attached hydrogens (tertiary/aromatic N) is 2. The zero-order valence-corrected chi connectivity index (χ0v) is 12.6. The average molecular weight is 409 g/mol. The van der Waals surface area contributed by atoms with E-state index in [0.29, 0.717) is 0 Å². The lowest BCUT2D eigenvalue weighted by atomic mass is 10.1. The number of ether oxygens (including phenoxy) is 1. The minimum absolute atomic E-state index is 0.0253. The summed E-state index contributed by atoms with van der Waals surface area (Å²) >= 11 is 1.77. The van der Waals surface area contributed by atoms with Crippen LogP contribution in [0.15, 0.2) is 22.9 Å². The van der Waals surface area contributed by atoms with Crippen molar-refractivity contribution in [2.75, 3.05) is 12.3 Å². The summed E-state index contributed by atoms with van der Waals surface area (Å²) in [4.78, 5) is 15.4. The highest BCUT2D eigenvalue weighted by Crippen LogP contribution is 2.35. The summed E-state index contributed by atoms with van der Waals surface area (Å²) in [7, 11) is 0. The molecule has 3 unspecified atom stereocenters. The molecule has 9 heteroatoms. The Kier molecular flexibility index (Phi) is 4.92. The topological polar surface area (TPSA) is 90.4 Å². The van der Waals surface area contributed by atoms with Crippen molar-refractivity contribution in [2.24, 2.45) is 0 Å². The van der Waals surface area contributed by atoms with E-state index >= 15 is 0 Å². The second-order valence-electron chi connectivity index (χ2n) is 4.17. The van der Waals surface area contributed by atoms with E-state index in [1.165, 1.54) is 6.20 Å². The Bertz CT molecular complexity index is 695. The van der Waals surface area contributed by atoms with Crippen LogP contribution in [0.25, 0.3) is 0 Å². The van der Waals surface area contributed by atoms with Gasteiger partial charge >= 0.3 is 5.69 Å². The van der Waals surface area contributed by atoms with Crippen LogP contribution in [0.2, 0.25) is 0 Å². The van der Waals surface area contributed by atoms with Crippen LogP contribution in [0.1, 0.15) is 11.8 Å². The second kappa shape index (κ2) is 6.50. The predicted molar refractivity (Wildman–Crippen MR) is 78.9 cm³/mol. The Morgan fingerprint density at radius 1 is 1.67 bits per heavy atom. The number of aliphatic hydroxyl groups is 1. The summed E-state index contributed by atoms with van der Waals surface area (Å²) in [5.74, 6) is 2.53. The molecule has 0 radical (unpaired) electrons. The van der Waals surface area contributed by atoms with E-state index in [9.17, 15) is 13.6 Å². The van der Waals surface area contributed by atoms with Crippen molar-refractivity contribution in [2.45, 2.75) is 18.5 Å². The molecule has 1 aromatic heterocycles. The highest BCUT2D eigenvalue weighted by atomic mass is 127. The number of rotatable bonds is 2. The first-order valence-electron chi connectivity index (χ1n) is 5.74. The lowest BCUT2D eigenvalue weighted by molar-refractivity contribution is -0.0322. The third-order valence-electron chi connectivity index (χ3n) is 2.96. The standard InChI is InChI=1S/C12H10F2IN3O3/c13-3-7-9(14)8(5-19)21-11(7)18-4-6(1-2-15)10(16)17-12(18)20/h3-4,8-9,11,19H,5H2,(H2,16,17,20)/b7-3+. The quantitative estimate of drug-likeness (QED) is 0.553. The molecule has 0 aromatic carbocycles. The maximum absolute atomic E-state index is 13.9. The van der Waals surface area contributed by atoms with Crippen LogP contribution >= 0.6 is 22.6 Å². The normalized spacial score (nSPS) is 26.7. The molecule has 6 nitrogen and oxygen atoms in total. The van der Waals surface area contributed by atoms with Gasteiger partial charge in [-0.25, -0.2) is 13.6 Å². The molecule has 0 saturated carbocycles. The monoisotopic (exact) mass is 409 g/mol. The molecule has 0 bridgehead atoms. The second-order valence-corrected chi connectivity index (χ2v) is 4.71. The number of aliphatic hydroxyl groups excluding tert-OH is 1. The van der Waals surface area contributed by atoms with Crippen molar-refractivity contribution in [3.05, 3.63) is 34.1 Å². The van der Waals surface area contributed by atoms with Crippen molar-refractivity contribution in [3.63, 3.8) is 0 Å². The van der Waals surface area contributed by atoms with Crippen molar-refractivity contribution in [3.8, 4) is 9.85 Å². The summed E-state index contributed by atoms with van der Waals surface area (Å²) < 4.78 is 35.4. The van der Waals surface area contributed by atoms with Crippen LogP contribution in [0.4, 0.5) is 14.6 Å². The smallest absolute Gasteiger partial charge is 0.351 e. The highest BCUT2D eigenvalue weighted by molar-refractivity contribution is 14.1. The fourth-order valence-electron chi connectivity index (χ4n) is 1.94. The Labute approximate surface area is 131 Å². The van der Waals surface area contributed by atoms with Gasteiger partial charge in [-0.2, -0.15) is 4.98 Å². The van der Waals surface area contributed by atoms with Gasteiger partial charge < -0.3 is 15.6 Å². The third-order valence-corrected chi connectivity index (χ3v) is 3.22. The van der Waals surface area contributed by atoms with Crippen molar-refractivity contribution >= 4 is 28.4 Å². The molecular weight excluding hydrogens is 399 g/mol. The van der Waals surface area contributed by atoms with E-state index in [-0.39, 0.29) is 17.7 Å². The maximum Gasteiger partial charge on any atom is 0.351 e. The van der Waals surface area contributed by atoms with Gasteiger partial charge in [0.1, 0.15) is 11.9 Å². The first-order valence-corrected chi connectivity index (χ1v) is 6.82. The number of nitrogen functional groups attached to an aromatic ring is 1. The fourth-order valence-corrected chi connectivity index (χ4v) is 2.23. The first-order chi connectivity index (χ1) is 10.0. The Morgan fingerprint density at radius 2 is 2.38 bits per heavy atom. The van der Waals surface area contributed by atoms with E-state index < -0.39 is 36.4 Å². The molecule has 1 fully saturated rings. The van der Waals surface area contributed by atoms with E-state index in [1.807, 2.05) is 0 Å². The van der Waals surface area contributed by atoms with E-state index in [4.69, 9.17) is 15.6 Å². The van der Waals surface area contributed by atoms with Crippen LogP contribution in [-0.4, -0.2) is 33.5 Å². The van der Waals surface area contributed by atoms with Gasteiger partial charge in [-0.15, -0.1) is 0 Å². The van der Waals surface area contributed by atoms with Crippen LogP contribution < -0.4 is 11.4 Å². The van der Waals surface area contributed by atoms with Crippen LogP contribution in [0.3, 0.4) is 0 Å². The average Bonchev–Trinajstić information content (AvgIpc) is 2.78. The van der Waals surface area contributed by atoms with Crippen molar-refractivity contribution < 1.29 is 18.6 Å². The lowest BCUT2D eigenvalue weighted by Crippen LogP contribution is -2.29. The summed E-state index contributed by atoms with van der Waals surface area (Å²) in [5, 5.41) is 9.01. The molecule has 3 atom stereocenters. The predicted octanol–water partition coefficient (Wildman–Crippen LogP) is 0.651. The molecule has 0 amide bonds. The van der Waals surface area contributed by atoms with Gasteiger partial charge in [0.05, 0.1) is 18.5 Å². The number of nitrogens with two attached hydrogens (primary N) is 1. The van der Waals surface area contributed by atoms with Crippen LogP contribution in [0, 0.1) is 9.85 Å². The molecule has 21 heavy (non-hydrogen) atoms. The van der Waals surface area contributed by atoms with E-state index in [1.54, 1.807) is 22.6 Å². The molecule has 1 saturated heterocycles. The zero-order valence-electron chi connectivity index (χ0n) is 10.5. The SMILES string of the molecule is Nc1nc(=O)n(C2OC(CO)C(F)/C2=C\F)cc1C#CI. The largest absolute Gasteiger partial charge is 0.394 e. The van der Waals surface area contributed by atoms with Gasteiger partial charge in [-0.05, 0) is 3.93 Å². The van der Waals surface area contributed by atoms with Gasteiger partial charge in [-0.3, -0.25) is 4.57 Å². The minimum atomic E-state index is -1.85. The molecule has 2 rings (SSSR count). The van der Waals surface area contributed by atoms with Gasteiger partial charge in [-0.1, -0.05) is 5.92 Å². The molecule has 0 aliphatic carbocycles.